The van der Waals surface area contributed by atoms with E-state index < -0.39 is 0 Å². The molecule has 0 saturated heterocycles. The van der Waals surface area contributed by atoms with Gasteiger partial charge in [-0.15, -0.1) is 0 Å². The van der Waals surface area contributed by atoms with Crippen molar-refractivity contribution in [1.82, 2.24) is 15.0 Å². The zero-order chi connectivity index (χ0) is 34.2. The normalized spacial score (nSPS) is 16.7. The Hall–Kier alpha value is -6.37. The highest BCUT2D eigenvalue weighted by molar-refractivity contribution is 8.15. The molecule has 0 radical (unpaired) electrons. The molecule has 3 heterocycles. The Morgan fingerprint density at radius 2 is 1.10 bits per heavy atom. The zero-order valence-corrected chi connectivity index (χ0v) is 28.6. The topological polar surface area (TPSA) is 64.2 Å². The van der Waals surface area contributed by atoms with Gasteiger partial charge in [0.1, 0.15) is 11.2 Å². The minimum absolute atomic E-state index is 0.171. The summed E-state index contributed by atoms with van der Waals surface area (Å²) in [4.78, 5) is 20.5. The van der Waals surface area contributed by atoms with Crippen LogP contribution in [0.2, 0.25) is 0 Å². The van der Waals surface area contributed by atoms with Crippen molar-refractivity contribution < 1.29 is 4.42 Å². The first-order chi connectivity index (χ1) is 25.7. The van der Waals surface area contributed by atoms with Gasteiger partial charge in [0.05, 0.1) is 16.3 Å². The third-order valence-electron chi connectivity index (χ3n) is 10.2. The molecule has 0 amide bonds. The number of fused-ring (bicyclic) bond motifs is 10. The van der Waals surface area contributed by atoms with Crippen LogP contribution >= 0.6 is 11.8 Å². The van der Waals surface area contributed by atoms with Gasteiger partial charge in [0.15, 0.2) is 17.5 Å². The summed E-state index contributed by atoms with van der Waals surface area (Å²) in [5.74, 6) is 1.84. The first-order valence-corrected chi connectivity index (χ1v) is 18.3. The van der Waals surface area contributed by atoms with Crippen molar-refractivity contribution in [3.8, 4) is 34.2 Å². The summed E-state index contributed by atoms with van der Waals surface area (Å²) < 4.78 is 6.44. The molecule has 1 aliphatic carbocycles. The van der Waals surface area contributed by atoms with Crippen LogP contribution in [0.1, 0.15) is 5.56 Å². The maximum absolute atomic E-state index is 6.44. The summed E-state index contributed by atoms with van der Waals surface area (Å²) in [5, 5.41) is 10.7. The number of benzene rings is 7. The van der Waals surface area contributed by atoms with Gasteiger partial charge in [-0.3, -0.25) is 4.99 Å². The quantitative estimate of drug-likeness (QED) is 0.173. The van der Waals surface area contributed by atoms with E-state index in [9.17, 15) is 0 Å². The molecule has 6 heteroatoms. The maximum Gasteiger partial charge on any atom is 0.164 e. The van der Waals surface area contributed by atoms with Crippen molar-refractivity contribution in [2.24, 2.45) is 4.99 Å². The largest absolute Gasteiger partial charge is 0.456 e. The number of allylic oxidation sites excluding steroid dienone is 2. The van der Waals surface area contributed by atoms with Gasteiger partial charge >= 0.3 is 0 Å². The number of furan rings is 1. The molecular weight excluding hydrogens is 657 g/mol. The van der Waals surface area contributed by atoms with Crippen molar-refractivity contribution in [1.29, 1.82) is 0 Å². The SMILES string of the molecule is C1=CC2N=C(c3ccc4oc5cccc(-c6nc(-c7ccccc7)nc(-c7ccc8c9ccccc9c9ccccc9c8c7)n6)c5c4c3)SC2C=C1. The zero-order valence-electron chi connectivity index (χ0n) is 27.8. The Morgan fingerprint density at radius 1 is 0.462 bits per heavy atom. The Balaban J connectivity index is 1.12. The lowest BCUT2D eigenvalue weighted by Crippen LogP contribution is -2.13. The Kier molecular flexibility index (Phi) is 6.54. The van der Waals surface area contributed by atoms with Crippen LogP contribution < -0.4 is 0 Å². The van der Waals surface area contributed by atoms with Gasteiger partial charge in [0.2, 0.25) is 0 Å². The van der Waals surface area contributed by atoms with Crippen molar-refractivity contribution in [3.05, 3.63) is 163 Å². The van der Waals surface area contributed by atoms with Crippen LogP contribution in [0.15, 0.2) is 167 Å². The van der Waals surface area contributed by atoms with Crippen LogP contribution in [0, 0.1) is 0 Å². The number of aliphatic imine (C=N–C) groups is 1. The van der Waals surface area contributed by atoms with Gasteiger partial charge in [0, 0.05) is 33.0 Å². The highest BCUT2D eigenvalue weighted by atomic mass is 32.2. The van der Waals surface area contributed by atoms with E-state index in [-0.39, 0.29) is 6.04 Å². The molecule has 0 saturated carbocycles. The fourth-order valence-corrected chi connectivity index (χ4v) is 8.94. The second-order valence-electron chi connectivity index (χ2n) is 13.3. The van der Waals surface area contributed by atoms with Gasteiger partial charge in [-0.05, 0) is 62.6 Å². The summed E-state index contributed by atoms with van der Waals surface area (Å²) in [6.07, 6.45) is 8.61. The van der Waals surface area contributed by atoms with Gasteiger partial charge in [-0.1, -0.05) is 139 Å². The molecule has 2 atom stereocenters. The number of nitrogens with zero attached hydrogens (tertiary/aromatic N) is 4. The maximum atomic E-state index is 6.44. The van der Waals surface area contributed by atoms with E-state index in [2.05, 4.69) is 115 Å². The molecule has 2 aliphatic rings. The summed E-state index contributed by atoms with van der Waals surface area (Å²) in [7, 11) is 0. The minimum Gasteiger partial charge on any atom is -0.456 e. The average molecular weight is 685 g/mol. The van der Waals surface area contributed by atoms with E-state index >= 15 is 0 Å². The summed E-state index contributed by atoms with van der Waals surface area (Å²) >= 11 is 1.81. The van der Waals surface area contributed by atoms with Crippen LogP contribution in [-0.2, 0) is 0 Å². The number of hydrogen-bond acceptors (Lipinski definition) is 6. The summed E-state index contributed by atoms with van der Waals surface area (Å²) in [5.41, 5.74) is 5.45. The number of aromatic nitrogens is 3. The van der Waals surface area contributed by atoms with Gasteiger partial charge in [-0.2, -0.15) is 0 Å². The second kappa shape index (κ2) is 11.6. The van der Waals surface area contributed by atoms with E-state index in [1.54, 1.807) is 0 Å². The van der Waals surface area contributed by atoms with Crippen molar-refractivity contribution in [2.45, 2.75) is 11.3 Å². The third kappa shape index (κ3) is 4.65. The summed E-state index contributed by atoms with van der Waals surface area (Å²) in [6, 6.07) is 46.7. The molecule has 0 spiro atoms. The first kappa shape index (κ1) is 29.4. The van der Waals surface area contributed by atoms with E-state index in [0.717, 1.165) is 49.2 Å². The number of rotatable bonds is 4. The van der Waals surface area contributed by atoms with Crippen molar-refractivity contribution in [3.63, 3.8) is 0 Å². The second-order valence-corrected chi connectivity index (χ2v) is 14.5. The van der Waals surface area contributed by atoms with E-state index in [1.165, 1.54) is 32.3 Å². The highest BCUT2D eigenvalue weighted by Gasteiger charge is 2.29. The van der Waals surface area contributed by atoms with E-state index in [4.69, 9.17) is 24.4 Å². The molecule has 5 nitrogen and oxygen atoms in total. The molecule has 52 heavy (non-hydrogen) atoms. The highest BCUT2D eigenvalue weighted by Crippen LogP contribution is 2.41. The van der Waals surface area contributed by atoms with Crippen LogP contribution in [0.25, 0.3) is 88.4 Å². The lowest BCUT2D eigenvalue weighted by atomic mass is 9.93. The van der Waals surface area contributed by atoms with Crippen LogP contribution in [-0.4, -0.2) is 31.3 Å². The summed E-state index contributed by atoms with van der Waals surface area (Å²) in [6.45, 7) is 0. The van der Waals surface area contributed by atoms with Crippen molar-refractivity contribution in [2.75, 3.05) is 0 Å². The van der Waals surface area contributed by atoms with Crippen LogP contribution in [0.5, 0.6) is 0 Å². The predicted molar refractivity (Wildman–Crippen MR) is 216 cm³/mol. The van der Waals surface area contributed by atoms with Gasteiger partial charge in [0.25, 0.3) is 0 Å². The van der Waals surface area contributed by atoms with Gasteiger partial charge in [-0.25, -0.2) is 15.0 Å². The molecule has 11 rings (SSSR count). The van der Waals surface area contributed by atoms with Crippen LogP contribution in [0.3, 0.4) is 0 Å². The Bertz CT molecular complexity index is 2980. The van der Waals surface area contributed by atoms with E-state index in [0.29, 0.717) is 22.7 Å². The molecule has 0 bridgehead atoms. The fourth-order valence-electron chi connectivity index (χ4n) is 7.77. The lowest BCUT2D eigenvalue weighted by Gasteiger charge is -2.13. The molecule has 2 aromatic heterocycles. The molecule has 0 N–H and O–H groups in total. The Morgan fingerprint density at radius 3 is 1.87 bits per heavy atom. The molecule has 2 unspecified atom stereocenters. The van der Waals surface area contributed by atoms with Gasteiger partial charge < -0.3 is 4.42 Å². The average Bonchev–Trinajstić information content (AvgIpc) is 3.83. The van der Waals surface area contributed by atoms with E-state index in [1.807, 2.05) is 54.2 Å². The van der Waals surface area contributed by atoms with Crippen molar-refractivity contribution >= 4 is 71.1 Å². The third-order valence-corrected chi connectivity index (χ3v) is 11.5. The monoisotopic (exact) mass is 684 g/mol. The minimum atomic E-state index is 0.171. The lowest BCUT2D eigenvalue weighted by molar-refractivity contribution is 0.669. The molecule has 0 fully saturated rings. The predicted octanol–water partition coefficient (Wildman–Crippen LogP) is 11.6. The fraction of sp³-hybridized carbons (Fsp3) is 0.0435. The Labute approximate surface area is 303 Å². The molecule has 7 aromatic carbocycles. The van der Waals surface area contributed by atoms with Crippen LogP contribution in [0.4, 0.5) is 0 Å². The first-order valence-electron chi connectivity index (χ1n) is 17.5. The molecular formula is C46H28N4OS. The standard InChI is InChI=1S/C46H28N4OS/c1-2-11-27(12-3-1)43-48-44(28-21-23-34-32-15-5-4-13-30(32)31-14-6-7-16-33(31)36(34)25-28)50-45(49-43)35-17-10-19-40-42(35)37-26-29(22-24-39(37)51-40)46-47-38-18-8-9-20-41(38)52-46/h1-26,38,41H. The molecule has 1 aliphatic heterocycles. The number of hydrogen-bond donors (Lipinski definition) is 0. The molecule has 244 valence electrons. The number of thioether (sulfide) groups is 1. The smallest absolute Gasteiger partial charge is 0.164 e. The molecule has 9 aromatic rings.